The topological polar surface area (TPSA) is 32.3 Å². The van der Waals surface area contributed by atoms with Crippen LogP contribution < -0.4 is 5.32 Å². The van der Waals surface area contributed by atoms with Crippen LogP contribution in [-0.2, 0) is 4.79 Å². The lowest BCUT2D eigenvalue weighted by atomic mass is 10.1. The molecule has 3 heteroatoms. The van der Waals surface area contributed by atoms with E-state index in [1.807, 2.05) is 37.3 Å². The van der Waals surface area contributed by atoms with Crippen LogP contribution in [0.4, 0.5) is 0 Å². The molecule has 1 aromatic carbocycles. The second-order valence-corrected chi connectivity index (χ2v) is 4.16. The first kappa shape index (κ1) is 13.7. The number of benzene rings is 1. The zero-order valence-corrected chi connectivity index (χ0v) is 10.9. The first-order valence-corrected chi connectivity index (χ1v) is 6.24. The summed E-state index contributed by atoms with van der Waals surface area (Å²) in [6, 6.07) is 10.1. The summed E-state index contributed by atoms with van der Waals surface area (Å²) in [5.74, 6) is 0.0880. The van der Waals surface area contributed by atoms with Gasteiger partial charge < -0.3 is 5.32 Å². The van der Waals surface area contributed by atoms with Gasteiger partial charge >= 0.3 is 0 Å². The Bertz CT molecular complexity index is 333. The van der Waals surface area contributed by atoms with Crippen LogP contribution in [0.3, 0.4) is 0 Å². The number of likely N-dealkylation sites (N-methyl/N-ethyl adjacent to an activating group) is 1. The van der Waals surface area contributed by atoms with Gasteiger partial charge in [0, 0.05) is 0 Å². The zero-order chi connectivity index (χ0) is 12.7. The first-order valence-electron chi connectivity index (χ1n) is 6.24. The van der Waals surface area contributed by atoms with Gasteiger partial charge in [0.25, 0.3) is 0 Å². The molecule has 0 aliphatic rings. The quantitative estimate of drug-likeness (QED) is 0.818. The molecular formula is C14H22N2O. The molecule has 3 nitrogen and oxygen atoms in total. The maximum absolute atomic E-state index is 11.8. The van der Waals surface area contributed by atoms with E-state index in [2.05, 4.69) is 24.1 Å². The highest BCUT2D eigenvalue weighted by Crippen LogP contribution is 2.10. The largest absolute Gasteiger partial charge is 0.348 e. The summed E-state index contributed by atoms with van der Waals surface area (Å²) in [7, 11) is 0. The van der Waals surface area contributed by atoms with Gasteiger partial charge in [-0.25, -0.2) is 0 Å². The van der Waals surface area contributed by atoms with Gasteiger partial charge in [0.15, 0.2) is 0 Å². The van der Waals surface area contributed by atoms with Crippen molar-refractivity contribution >= 4 is 5.91 Å². The Morgan fingerprint density at radius 3 is 2.35 bits per heavy atom. The first-order chi connectivity index (χ1) is 8.17. The summed E-state index contributed by atoms with van der Waals surface area (Å²) in [6.07, 6.45) is 0. The Balaban J connectivity index is 2.46. The molecule has 1 aromatic rings. The molecule has 1 rings (SSSR count). The Kier molecular flexibility index (Phi) is 5.70. The minimum absolute atomic E-state index is 0.0688. The molecule has 1 N–H and O–H groups in total. The third kappa shape index (κ3) is 4.57. The number of rotatable bonds is 6. The Labute approximate surface area is 104 Å². The van der Waals surface area contributed by atoms with Gasteiger partial charge in [0.05, 0.1) is 12.6 Å². The smallest absolute Gasteiger partial charge is 0.234 e. The summed E-state index contributed by atoms with van der Waals surface area (Å²) in [6.45, 7) is 8.43. The summed E-state index contributed by atoms with van der Waals surface area (Å²) in [4.78, 5) is 13.9. The van der Waals surface area contributed by atoms with Crippen LogP contribution in [0, 0.1) is 0 Å². The summed E-state index contributed by atoms with van der Waals surface area (Å²) >= 11 is 0. The van der Waals surface area contributed by atoms with Crippen molar-refractivity contribution in [3.8, 4) is 0 Å². The van der Waals surface area contributed by atoms with Gasteiger partial charge in [-0.15, -0.1) is 0 Å². The van der Waals surface area contributed by atoms with Gasteiger partial charge in [0.2, 0.25) is 5.91 Å². The van der Waals surface area contributed by atoms with Crippen molar-refractivity contribution in [2.24, 2.45) is 0 Å². The fourth-order valence-electron chi connectivity index (χ4n) is 1.76. The van der Waals surface area contributed by atoms with Gasteiger partial charge in [-0.2, -0.15) is 0 Å². The molecule has 1 atom stereocenters. The fourth-order valence-corrected chi connectivity index (χ4v) is 1.76. The van der Waals surface area contributed by atoms with E-state index in [9.17, 15) is 4.79 Å². The second kappa shape index (κ2) is 7.07. The molecule has 0 radical (unpaired) electrons. The molecule has 0 aromatic heterocycles. The highest BCUT2D eigenvalue weighted by Gasteiger charge is 2.11. The molecule has 1 amide bonds. The predicted molar refractivity (Wildman–Crippen MR) is 70.8 cm³/mol. The number of carbonyl (C=O) groups excluding carboxylic acids is 1. The number of hydrogen-bond donors (Lipinski definition) is 1. The minimum atomic E-state index is 0.0688. The van der Waals surface area contributed by atoms with E-state index < -0.39 is 0 Å². The average molecular weight is 234 g/mol. The summed E-state index contributed by atoms with van der Waals surface area (Å²) in [5.41, 5.74) is 1.14. The van der Waals surface area contributed by atoms with Crippen LogP contribution >= 0.6 is 0 Å². The lowest BCUT2D eigenvalue weighted by Crippen LogP contribution is -2.38. The van der Waals surface area contributed by atoms with Crippen LogP contribution in [0.1, 0.15) is 32.4 Å². The number of nitrogens with zero attached hydrogens (tertiary/aromatic N) is 1. The van der Waals surface area contributed by atoms with Crippen LogP contribution in [0.5, 0.6) is 0 Å². The van der Waals surface area contributed by atoms with E-state index in [1.54, 1.807) is 0 Å². The summed E-state index contributed by atoms with van der Waals surface area (Å²) in [5, 5.41) is 3.01. The zero-order valence-electron chi connectivity index (χ0n) is 10.9. The van der Waals surface area contributed by atoms with Gasteiger partial charge in [-0.1, -0.05) is 44.2 Å². The molecule has 0 spiro atoms. The lowest BCUT2D eigenvalue weighted by molar-refractivity contribution is -0.122. The molecular weight excluding hydrogens is 212 g/mol. The van der Waals surface area contributed by atoms with Gasteiger partial charge in [-0.05, 0) is 25.6 Å². The molecule has 94 valence electrons. The highest BCUT2D eigenvalue weighted by molar-refractivity contribution is 5.78. The second-order valence-electron chi connectivity index (χ2n) is 4.16. The Hall–Kier alpha value is -1.35. The monoisotopic (exact) mass is 234 g/mol. The minimum Gasteiger partial charge on any atom is -0.348 e. The molecule has 0 fully saturated rings. The van der Waals surface area contributed by atoms with E-state index in [0.29, 0.717) is 6.54 Å². The van der Waals surface area contributed by atoms with Crippen molar-refractivity contribution in [3.05, 3.63) is 35.9 Å². The van der Waals surface area contributed by atoms with Crippen LogP contribution in [0.25, 0.3) is 0 Å². The van der Waals surface area contributed by atoms with E-state index in [1.165, 1.54) is 0 Å². The third-order valence-electron chi connectivity index (χ3n) is 2.94. The number of nitrogens with one attached hydrogen (secondary N) is 1. The molecule has 0 saturated carbocycles. The van der Waals surface area contributed by atoms with Crippen molar-refractivity contribution in [1.82, 2.24) is 10.2 Å². The van der Waals surface area contributed by atoms with E-state index in [4.69, 9.17) is 0 Å². The lowest BCUT2D eigenvalue weighted by Gasteiger charge is -2.20. The van der Waals surface area contributed by atoms with Crippen molar-refractivity contribution in [3.63, 3.8) is 0 Å². The van der Waals surface area contributed by atoms with Crippen molar-refractivity contribution in [2.45, 2.75) is 26.8 Å². The Morgan fingerprint density at radius 1 is 1.24 bits per heavy atom. The van der Waals surface area contributed by atoms with Crippen LogP contribution in [-0.4, -0.2) is 30.4 Å². The number of amides is 1. The van der Waals surface area contributed by atoms with E-state index in [-0.39, 0.29) is 11.9 Å². The molecule has 0 aliphatic heterocycles. The number of carbonyl (C=O) groups is 1. The highest BCUT2D eigenvalue weighted by atomic mass is 16.2. The van der Waals surface area contributed by atoms with Crippen molar-refractivity contribution in [2.75, 3.05) is 19.6 Å². The third-order valence-corrected chi connectivity index (χ3v) is 2.94. The molecule has 0 bridgehead atoms. The van der Waals surface area contributed by atoms with Crippen molar-refractivity contribution in [1.29, 1.82) is 0 Å². The van der Waals surface area contributed by atoms with E-state index in [0.717, 1.165) is 18.7 Å². The Morgan fingerprint density at radius 2 is 1.82 bits per heavy atom. The molecule has 0 saturated heterocycles. The normalized spacial score (nSPS) is 12.5. The fraction of sp³-hybridized carbons (Fsp3) is 0.500. The number of hydrogen-bond acceptors (Lipinski definition) is 2. The van der Waals surface area contributed by atoms with Crippen LogP contribution in [0.2, 0.25) is 0 Å². The molecule has 0 unspecified atom stereocenters. The summed E-state index contributed by atoms with van der Waals surface area (Å²) < 4.78 is 0. The predicted octanol–water partition coefficient (Wildman–Crippen LogP) is 2.21. The van der Waals surface area contributed by atoms with Crippen LogP contribution in [0.15, 0.2) is 30.3 Å². The average Bonchev–Trinajstić information content (AvgIpc) is 2.37. The molecule has 17 heavy (non-hydrogen) atoms. The maximum atomic E-state index is 11.8. The van der Waals surface area contributed by atoms with Gasteiger partial charge in [-0.3, -0.25) is 9.69 Å². The molecule has 0 aliphatic carbocycles. The van der Waals surface area contributed by atoms with Crippen molar-refractivity contribution < 1.29 is 4.79 Å². The van der Waals surface area contributed by atoms with E-state index >= 15 is 0 Å². The maximum Gasteiger partial charge on any atom is 0.234 e. The molecule has 0 heterocycles. The SMILES string of the molecule is CCN(CC)CC(=O)N[C@H](C)c1ccccc1. The standard InChI is InChI=1S/C14H22N2O/c1-4-16(5-2)11-14(17)15-12(3)13-9-7-6-8-10-13/h6-10,12H,4-5,11H2,1-3H3,(H,15,17)/t12-/m1/s1. The van der Waals surface area contributed by atoms with Gasteiger partial charge in [0.1, 0.15) is 0 Å².